The van der Waals surface area contributed by atoms with E-state index in [0.29, 0.717) is 0 Å². The van der Waals surface area contributed by atoms with E-state index in [-0.39, 0.29) is 5.41 Å². The molecule has 0 bridgehead atoms. The lowest BCUT2D eigenvalue weighted by molar-refractivity contribution is 0.377. The Hall–Kier alpha value is -1.83. The highest BCUT2D eigenvalue weighted by Crippen LogP contribution is 2.40. The van der Waals surface area contributed by atoms with Crippen molar-refractivity contribution in [3.63, 3.8) is 0 Å². The predicted octanol–water partition coefficient (Wildman–Crippen LogP) is 5.56. The van der Waals surface area contributed by atoms with Crippen LogP contribution in [-0.2, 0) is 0 Å². The number of para-hydroxylation sites is 1. The zero-order valence-electron chi connectivity index (χ0n) is 13.6. The largest absolute Gasteiger partial charge is 0.278 e. The van der Waals surface area contributed by atoms with Crippen LogP contribution in [-0.4, -0.2) is 5.71 Å². The summed E-state index contributed by atoms with van der Waals surface area (Å²) in [7, 11) is 0. The molecule has 1 aliphatic carbocycles. The summed E-state index contributed by atoms with van der Waals surface area (Å²) in [6, 6.07) is 10.0. The lowest BCUT2D eigenvalue weighted by atomic mass is 9.72. The number of allylic oxidation sites excluding steroid dienone is 4. The van der Waals surface area contributed by atoms with E-state index in [0.717, 1.165) is 11.4 Å². The van der Waals surface area contributed by atoms with Crippen LogP contribution in [0.5, 0.6) is 0 Å². The third-order valence-corrected chi connectivity index (χ3v) is 4.17. The highest BCUT2D eigenvalue weighted by Gasteiger charge is 2.26. The van der Waals surface area contributed by atoms with Crippen molar-refractivity contribution in [1.82, 2.24) is 0 Å². The molecule has 0 amide bonds. The van der Waals surface area contributed by atoms with Gasteiger partial charge in [-0.25, -0.2) is 0 Å². The molecule has 0 aromatic heterocycles. The maximum Gasteiger partial charge on any atom is 0.0576 e. The maximum atomic E-state index is 4.41. The van der Waals surface area contributed by atoms with Crippen LogP contribution in [0.3, 0.4) is 0 Å². The molecule has 112 valence electrons. The van der Waals surface area contributed by atoms with Crippen LogP contribution >= 0.6 is 0 Å². The fraction of sp³-hybridized carbons (Fsp3) is 0.421. The van der Waals surface area contributed by atoms with E-state index in [9.17, 15) is 0 Å². The first-order valence-corrected chi connectivity index (χ1v) is 7.73. The maximum absolute atomic E-state index is 4.41. The van der Waals surface area contributed by atoms with Gasteiger partial charge < -0.3 is 0 Å². The van der Waals surface area contributed by atoms with Crippen LogP contribution in [0.15, 0.2) is 58.7 Å². The molecule has 1 aromatic carbocycles. The highest BCUT2D eigenvalue weighted by molar-refractivity contribution is 5.93. The molecular weight excluding hydrogens is 256 g/mol. The molecule has 0 fully saturated rings. The Balaban J connectivity index is 2.06. The van der Waals surface area contributed by atoms with Crippen molar-refractivity contribution in [3.8, 4) is 0 Å². The van der Waals surface area contributed by atoms with Gasteiger partial charge in [-0.2, -0.15) is 5.10 Å². The van der Waals surface area contributed by atoms with E-state index >= 15 is 0 Å². The summed E-state index contributed by atoms with van der Waals surface area (Å²) < 4.78 is 0. The van der Waals surface area contributed by atoms with E-state index in [2.05, 4.69) is 43.5 Å². The number of nitrogens with zero attached hydrogens (tertiary/aromatic N) is 1. The molecule has 1 aromatic rings. The molecule has 2 rings (SSSR count). The molecule has 2 heteroatoms. The molecular formula is C19H26N2. The third-order valence-electron chi connectivity index (χ3n) is 4.17. The van der Waals surface area contributed by atoms with Crippen molar-refractivity contribution >= 4 is 11.4 Å². The van der Waals surface area contributed by atoms with E-state index in [1.165, 1.54) is 30.4 Å². The Morgan fingerprint density at radius 2 is 1.95 bits per heavy atom. The Labute approximate surface area is 128 Å². The number of anilines is 1. The van der Waals surface area contributed by atoms with Gasteiger partial charge in [0.25, 0.3) is 0 Å². The van der Waals surface area contributed by atoms with E-state index in [4.69, 9.17) is 0 Å². The normalized spacial score (nSPS) is 19.1. The smallest absolute Gasteiger partial charge is 0.0576 e. The Kier molecular flexibility index (Phi) is 5.00. The van der Waals surface area contributed by atoms with Crippen molar-refractivity contribution in [2.24, 2.45) is 10.5 Å². The molecule has 0 spiro atoms. The number of nitrogens with one attached hydrogen (secondary N) is 1. The summed E-state index contributed by atoms with van der Waals surface area (Å²) >= 11 is 0. The fourth-order valence-electron chi connectivity index (χ4n) is 2.92. The van der Waals surface area contributed by atoms with Crippen molar-refractivity contribution in [3.05, 3.63) is 53.6 Å². The molecule has 0 atom stereocenters. The minimum absolute atomic E-state index is 0.284. The lowest BCUT2D eigenvalue weighted by Gasteiger charge is -2.32. The minimum Gasteiger partial charge on any atom is -0.278 e. The third kappa shape index (κ3) is 4.32. The van der Waals surface area contributed by atoms with Gasteiger partial charge >= 0.3 is 0 Å². The van der Waals surface area contributed by atoms with Crippen molar-refractivity contribution in [1.29, 1.82) is 0 Å². The molecule has 0 heterocycles. The summed E-state index contributed by atoms with van der Waals surface area (Å²) in [5.74, 6) is 0. The minimum atomic E-state index is 0.284. The van der Waals surface area contributed by atoms with Crippen molar-refractivity contribution < 1.29 is 0 Å². The van der Waals surface area contributed by atoms with Gasteiger partial charge in [-0.1, -0.05) is 43.7 Å². The van der Waals surface area contributed by atoms with Gasteiger partial charge in [0.15, 0.2) is 0 Å². The fourth-order valence-corrected chi connectivity index (χ4v) is 2.92. The van der Waals surface area contributed by atoms with E-state index in [1.807, 2.05) is 37.3 Å². The summed E-state index contributed by atoms with van der Waals surface area (Å²) in [4.78, 5) is 0. The second-order valence-electron chi connectivity index (χ2n) is 6.50. The van der Waals surface area contributed by atoms with Gasteiger partial charge in [-0.05, 0) is 62.3 Å². The second kappa shape index (κ2) is 6.75. The first kappa shape index (κ1) is 15.6. The van der Waals surface area contributed by atoms with Crippen LogP contribution in [0.25, 0.3) is 0 Å². The molecule has 0 unspecified atom stereocenters. The van der Waals surface area contributed by atoms with Gasteiger partial charge in [-0.3, -0.25) is 5.43 Å². The van der Waals surface area contributed by atoms with Crippen molar-refractivity contribution in [2.75, 3.05) is 5.43 Å². The molecule has 1 aliphatic rings. The predicted molar refractivity (Wildman–Crippen MR) is 92.6 cm³/mol. The van der Waals surface area contributed by atoms with E-state index < -0.39 is 0 Å². The Morgan fingerprint density at radius 1 is 1.24 bits per heavy atom. The SMILES string of the molecule is CC1=C(/C=C/C(C)=N\Nc2ccccc2)C(C)(C)CCC1. The Bertz CT molecular complexity index is 562. The van der Waals surface area contributed by atoms with Gasteiger partial charge in [-0.15, -0.1) is 0 Å². The van der Waals surface area contributed by atoms with Gasteiger partial charge in [0.2, 0.25) is 0 Å². The van der Waals surface area contributed by atoms with Crippen molar-refractivity contribution in [2.45, 2.75) is 47.0 Å². The summed E-state index contributed by atoms with van der Waals surface area (Å²) in [6.07, 6.45) is 8.16. The molecule has 0 aliphatic heterocycles. The summed E-state index contributed by atoms with van der Waals surface area (Å²) in [6.45, 7) is 8.96. The first-order chi connectivity index (χ1) is 9.99. The standard InChI is InChI=1S/C19H26N2/c1-15-9-8-14-19(3,4)18(15)13-12-16(2)20-21-17-10-6-5-7-11-17/h5-7,10-13,21H,8-9,14H2,1-4H3/b13-12+,20-16-. The topological polar surface area (TPSA) is 24.4 Å². The van der Waals surface area contributed by atoms with E-state index in [1.54, 1.807) is 0 Å². The molecule has 0 radical (unpaired) electrons. The highest BCUT2D eigenvalue weighted by atomic mass is 15.3. The number of hydrogen-bond donors (Lipinski definition) is 1. The Morgan fingerprint density at radius 3 is 2.62 bits per heavy atom. The summed E-state index contributed by atoms with van der Waals surface area (Å²) in [5, 5.41) is 4.41. The number of hydrazone groups is 1. The van der Waals surface area contributed by atoms with Crippen LogP contribution in [0.4, 0.5) is 5.69 Å². The van der Waals surface area contributed by atoms with Crippen LogP contribution in [0.1, 0.15) is 47.0 Å². The molecule has 0 saturated heterocycles. The van der Waals surface area contributed by atoms with Crippen LogP contribution in [0, 0.1) is 5.41 Å². The van der Waals surface area contributed by atoms with Gasteiger partial charge in [0, 0.05) is 0 Å². The zero-order chi connectivity index (χ0) is 15.3. The van der Waals surface area contributed by atoms with Crippen LogP contribution < -0.4 is 5.43 Å². The first-order valence-electron chi connectivity index (χ1n) is 7.73. The second-order valence-corrected chi connectivity index (χ2v) is 6.50. The number of benzene rings is 1. The quantitative estimate of drug-likeness (QED) is 0.567. The zero-order valence-corrected chi connectivity index (χ0v) is 13.6. The summed E-state index contributed by atoms with van der Waals surface area (Å²) in [5.41, 5.74) is 8.36. The average molecular weight is 282 g/mol. The van der Waals surface area contributed by atoms with Gasteiger partial charge in [0.05, 0.1) is 11.4 Å². The molecule has 21 heavy (non-hydrogen) atoms. The van der Waals surface area contributed by atoms with Gasteiger partial charge in [0.1, 0.15) is 0 Å². The lowest BCUT2D eigenvalue weighted by Crippen LogP contribution is -2.19. The monoisotopic (exact) mass is 282 g/mol. The molecule has 0 saturated carbocycles. The number of rotatable bonds is 4. The number of hydrogen-bond acceptors (Lipinski definition) is 2. The average Bonchev–Trinajstić information content (AvgIpc) is 2.45. The molecule has 1 N–H and O–H groups in total. The molecule has 2 nitrogen and oxygen atoms in total. The van der Waals surface area contributed by atoms with Crippen LogP contribution in [0.2, 0.25) is 0 Å².